The lowest BCUT2D eigenvalue weighted by Crippen LogP contribution is -2.43. The summed E-state index contributed by atoms with van der Waals surface area (Å²) in [4.78, 5) is 2.15. The molecule has 1 heterocycles. The van der Waals surface area contributed by atoms with E-state index in [1.165, 1.54) is 12.1 Å². The first-order chi connectivity index (χ1) is 13.1. The summed E-state index contributed by atoms with van der Waals surface area (Å²) < 4.78 is 29.7. The van der Waals surface area contributed by atoms with Crippen molar-refractivity contribution in [3.63, 3.8) is 0 Å². The quantitative estimate of drug-likeness (QED) is 0.769. The van der Waals surface area contributed by atoms with Crippen molar-refractivity contribution in [2.75, 3.05) is 40.0 Å². The van der Waals surface area contributed by atoms with Crippen molar-refractivity contribution in [3.8, 4) is 5.75 Å². The molecule has 27 heavy (non-hydrogen) atoms. The van der Waals surface area contributed by atoms with Crippen LogP contribution < -0.4 is 4.74 Å². The number of β-amino-alcohol motifs (C(OH)–C–C–N with tert-alkyl or cyclic N) is 1. The van der Waals surface area contributed by atoms with E-state index in [1.807, 2.05) is 24.3 Å². The minimum Gasteiger partial charge on any atom is -0.497 e. The number of halogens is 1. The van der Waals surface area contributed by atoms with Crippen molar-refractivity contribution >= 4 is 0 Å². The number of aliphatic hydroxyl groups excluding tert-OH is 1. The molecule has 1 N–H and O–H groups in total. The summed E-state index contributed by atoms with van der Waals surface area (Å²) in [7, 11) is 1.63. The van der Waals surface area contributed by atoms with Crippen molar-refractivity contribution in [1.82, 2.24) is 4.90 Å². The lowest BCUT2D eigenvalue weighted by molar-refractivity contribution is -0.0536. The molecule has 1 aliphatic heterocycles. The van der Waals surface area contributed by atoms with Crippen LogP contribution in [0.25, 0.3) is 0 Å². The Morgan fingerprint density at radius 1 is 1.26 bits per heavy atom. The monoisotopic (exact) mass is 375 g/mol. The SMILES string of the molecule is COc1cccc(COC[C@@H](O)CN2CCO[C@@H](c3ccc(F)cc3)C2)c1. The number of morpholine rings is 1. The van der Waals surface area contributed by atoms with Crippen LogP contribution in [0.15, 0.2) is 48.5 Å². The van der Waals surface area contributed by atoms with E-state index >= 15 is 0 Å². The van der Waals surface area contributed by atoms with Crippen molar-refractivity contribution in [1.29, 1.82) is 0 Å². The third-order valence-corrected chi connectivity index (χ3v) is 4.57. The molecule has 2 aromatic rings. The van der Waals surface area contributed by atoms with E-state index in [9.17, 15) is 9.50 Å². The molecular weight excluding hydrogens is 349 g/mol. The Kier molecular flexibility index (Phi) is 7.18. The summed E-state index contributed by atoms with van der Waals surface area (Å²) in [5, 5.41) is 10.3. The average Bonchev–Trinajstić information content (AvgIpc) is 2.69. The molecule has 0 amide bonds. The van der Waals surface area contributed by atoms with Gasteiger partial charge < -0.3 is 19.3 Å². The number of ether oxygens (including phenoxy) is 3. The summed E-state index contributed by atoms with van der Waals surface area (Å²) in [6.07, 6.45) is -0.688. The van der Waals surface area contributed by atoms with Crippen molar-refractivity contribution in [3.05, 3.63) is 65.5 Å². The molecule has 0 aliphatic carbocycles. The van der Waals surface area contributed by atoms with Crippen LogP contribution in [0.4, 0.5) is 4.39 Å². The lowest BCUT2D eigenvalue weighted by atomic mass is 10.1. The zero-order valence-corrected chi connectivity index (χ0v) is 15.5. The van der Waals surface area contributed by atoms with E-state index in [1.54, 1.807) is 19.2 Å². The molecule has 1 aliphatic rings. The average molecular weight is 375 g/mol. The highest BCUT2D eigenvalue weighted by atomic mass is 19.1. The zero-order valence-electron chi connectivity index (χ0n) is 15.5. The molecule has 2 atom stereocenters. The second kappa shape index (κ2) is 9.80. The molecule has 1 fully saturated rings. The number of rotatable bonds is 8. The molecule has 3 rings (SSSR count). The van der Waals surface area contributed by atoms with Gasteiger partial charge in [0.2, 0.25) is 0 Å². The fourth-order valence-corrected chi connectivity index (χ4v) is 3.17. The van der Waals surface area contributed by atoms with Gasteiger partial charge in [-0.05, 0) is 35.4 Å². The molecule has 5 nitrogen and oxygen atoms in total. The summed E-state index contributed by atoms with van der Waals surface area (Å²) in [6, 6.07) is 14.1. The number of hydrogen-bond acceptors (Lipinski definition) is 5. The second-order valence-electron chi connectivity index (χ2n) is 6.69. The fourth-order valence-electron chi connectivity index (χ4n) is 3.17. The van der Waals surface area contributed by atoms with Gasteiger partial charge in [-0.3, -0.25) is 4.90 Å². The Hall–Kier alpha value is -1.99. The maximum Gasteiger partial charge on any atom is 0.123 e. The molecule has 0 bridgehead atoms. The molecule has 6 heteroatoms. The van der Waals surface area contributed by atoms with E-state index < -0.39 is 6.10 Å². The second-order valence-corrected chi connectivity index (χ2v) is 6.69. The normalized spacial score (nSPS) is 19.0. The fraction of sp³-hybridized carbons (Fsp3) is 0.429. The summed E-state index contributed by atoms with van der Waals surface area (Å²) in [5.41, 5.74) is 1.95. The van der Waals surface area contributed by atoms with Gasteiger partial charge in [-0.2, -0.15) is 0 Å². The zero-order chi connectivity index (χ0) is 19.1. The van der Waals surface area contributed by atoms with Gasteiger partial charge in [0, 0.05) is 19.6 Å². The van der Waals surface area contributed by atoms with Crippen LogP contribution in [-0.2, 0) is 16.1 Å². The first-order valence-electron chi connectivity index (χ1n) is 9.12. The third kappa shape index (κ3) is 6.01. The van der Waals surface area contributed by atoms with E-state index in [0.717, 1.165) is 23.4 Å². The minimum atomic E-state index is -0.581. The van der Waals surface area contributed by atoms with Crippen LogP contribution in [0, 0.1) is 5.82 Å². The van der Waals surface area contributed by atoms with Gasteiger partial charge in [0.15, 0.2) is 0 Å². The van der Waals surface area contributed by atoms with Crippen LogP contribution in [0.1, 0.15) is 17.2 Å². The van der Waals surface area contributed by atoms with Gasteiger partial charge in [-0.25, -0.2) is 4.39 Å². The van der Waals surface area contributed by atoms with E-state index in [4.69, 9.17) is 14.2 Å². The minimum absolute atomic E-state index is 0.107. The number of benzene rings is 2. The number of nitrogens with zero attached hydrogens (tertiary/aromatic N) is 1. The van der Waals surface area contributed by atoms with Gasteiger partial charge in [0.05, 0.1) is 39.1 Å². The first kappa shape index (κ1) is 19.8. The summed E-state index contributed by atoms with van der Waals surface area (Å²) >= 11 is 0. The Morgan fingerprint density at radius 3 is 2.85 bits per heavy atom. The van der Waals surface area contributed by atoms with Crippen LogP contribution in [-0.4, -0.2) is 56.1 Å². The molecular formula is C21H26FNO4. The van der Waals surface area contributed by atoms with Gasteiger partial charge in [0.1, 0.15) is 11.6 Å². The standard InChI is InChI=1S/C21H26FNO4/c1-25-20-4-2-3-16(11-20)14-26-15-19(24)12-23-9-10-27-21(13-23)17-5-7-18(22)8-6-17/h2-8,11,19,21,24H,9-10,12-15H2,1H3/t19-,21+/m0/s1. The summed E-state index contributed by atoms with van der Waals surface area (Å²) in [5.74, 6) is 0.534. The molecule has 0 radical (unpaired) electrons. The van der Waals surface area contributed by atoms with Crippen molar-refractivity contribution in [2.45, 2.75) is 18.8 Å². The molecule has 0 saturated carbocycles. The molecule has 0 unspecified atom stereocenters. The van der Waals surface area contributed by atoms with Gasteiger partial charge in [-0.15, -0.1) is 0 Å². The number of methoxy groups -OCH3 is 1. The largest absolute Gasteiger partial charge is 0.497 e. The van der Waals surface area contributed by atoms with Gasteiger partial charge >= 0.3 is 0 Å². The van der Waals surface area contributed by atoms with Gasteiger partial charge in [-0.1, -0.05) is 24.3 Å². The third-order valence-electron chi connectivity index (χ3n) is 4.57. The van der Waals surface area contributed by atoms with Crippen LogP contribution in [0.3, 0.4) is 0 Å². The van der Waals surface area contributed by atoms with E-state index in [-0.39, 0.29) is 18.5 Å². The number of hydrogen-bond donors (Lipinski definition) is 1. The maximum absolute atomic E-state index is 13.1. The molecule has 2 aromatic carbocycles. The first-order valence-corrected chi connectivity index (χ1v) is 9.12. The van der Waals surface area contributed by atoms with E-state index in [2.05, 4.69) is 4.90 Å². The van der Waals surface area contributed by atoms with E-state index in [0.29, 0.717) is 26.3 Å². The van der Waals surface area contributed by atoms with Crippen LogP contribution >= 0.6 is 0 Å². The Bertz CT molecular complexity index is 710. The highest BCUT2D eigenvalue weighted by Crippen LogP contribution is 2.22. The number of aliphatic hydroxyl groups is 1. The molecule has 1 saturated heterocycles. The Balaban J connectivity index is 1.43. The predicted octanol–water partition coefficient (Wildman–Crippen LogP) is 2.79. The highest BCUT2D eigenvalue weighted by molar-refractivity contribution is 5.27. The lowest BCUT2D eigenvalue weighted by Gasteiger charge is -2.34. The predicted molar refractivity (Wildman–Crippen MR) is 100 cm³/mol. The summed E-state index contributed by atoms with van der Waals surface area (Å²) in [6.45, 7) is 3.20. The topological polar surface area (TPSA) is 51.2 Å². The highest BCUT2D eigenvalue weighted by Gasteiger charge is 2.23. The smallest absolute Gasteiger partial charge is 0.123 e. The van der Waals surface area contributed by atoms with Gasteiger partial charge in [0.25, 0.3) is 0 Å². The maximum atomic E-state index is 13.1. The van der Waals surface area contributed by atoms with Crippen LogP contribution in [0.5, 0.6) is 5.75 Å². The van der Waals surface area contributed by atoms with Crippen molar-refractivity contribution < 1.29 is 23.7 Å². The molecule has 0 aromatic heterocycles. The molecule has 146 valence electrons. The molecule has 0 spiro atoms. The Labute approximate surface area is 159 Å². The Morgan fingerprint density at radius 2 is 2.07 bits per heavy atom. The van der Waals surface area contributed by atoms with Crippen molar-refractivity contribution in [2.24, 2.45) is 0 Å². The van der Waals surface area contributed by atoms with Crippen LogP contribution in [0.2, 0.25) is 0 Å².